The third-order valence-corrected chi connectivity index (χ3v) is 4.09. The van der Waals surface area contributed by atoms with Crippen LogP contribution < -0.4 is 0 Å². The molecule has 0 N–H and O–H groups in total. The summed E-state index contributed by atoms with van der Waals surface area (Å²) in [6, 6.07) is 0. The minimum atomic E-state index is -0.210. The van der Waals surface area contributed by atoms with Gasteiger partial charge in [-0.2, -0.15) is 0 Å². The summed E-state index contributed by atoms with van der Waals surface area (Å²) in [6.45, 7) is 0. The van der Waals surface area contributed by atoms with Crippen molar-refractivity contribution in [2.45, 2.75) is 27.1 Å². The molecule has 0 radical (unpaired) electrons. The first-order chi connectivity index (χ1) is 7.02. The topological polar surface area (TPSA) is 52.6 Å². The third-order valence-electron chi connectivity index (χ3n) is 1.83. The van der Waals surface area contributed by atoms with Crippen LogP contribution in [0.25, 0.3) is 0 Å². The van der Waals surface area contributed by atoms with Crippen LogP contribution in [0.3, 0.4) is 0 Å². The van der Waals surface area contributed by atoms with E-state index in [2.05, 4.69) is 9.47 Å². The van der Waals surface area contributed by atoms with Crippen LogP contribution in [0, 0.1) is 0 Å². The molecule has 4 nitrogen and oxygen atoms in total. The van der Waals surface area contributed by atoms with Crippen LogP contribution in [0.5, 0.6) is 0 Å². The van der Waals surface area contributed by atoms with Crippen LogP contribution in [0.15, 0.2) is 0 Å². The van der Waals surface area contributed by atoms with Crippen molar-refractivity contribution in [1.29, 1.82) is 0 Å². The van der Waals surface area contributed by atoms with Crippen molar-refractivity contribution >= 4 is 57.1 Å². The van der Waals surface area contributed by atoms with Crippen molar-refractivity contribution in [3.8, 4) is 0 Å². The van der Waals surface area contributed by atoms with E-state index < -0.39 is 0 Å². The van der Waals surface area contributed by atoms with Gasteiger partial charge in [-0.3, -0.25) is 9.59 Å². The minimum Gasteiger partial charge on any atom is -0.468 e. The number of esters is 2. The van der Waals surface area contributed by atoms with Crippen LogP contribution in [-0.4, -0.2) is 34.0 Å². The quantitative estimate of drug-likeness (QED) is 0.361. The Balaban J connectivity index is 3.70. The van der Waals surface area contributed by atoms with Crippen molar-refractivity contribution in [2.24, 2.45) is 0 Å². The lowest BCUT2D eigenvalue weighted by atomic mass is 10.1. The first-order valence-corrected chi connectivity index (χ1v) is 6.95. The monoisotopic (exact) mass is 440 g/mol. The molecule has 2 unspecified atom stereocenters. The van der Waals surface area contributed by atoms with Gasteiger partial charge in [-0.15, -0.1) is 0 Å². The van der Waals surface area contributed by atoms with Crippen LogP contribution >= 0.6 is 45.2 Å². The Hall–Kier alpha value is 0.400. The smallest absolute Gasteiger partial charge is 0.318 e. The average molecular weight is 440 g/mol. The third kappa shape index (κ3) is 6.54. The fourth-order valence-electron chi connectivity index (χ4n) is 0.968. The molecular formula is C9H14I2O4. The van der Waals surface area contributed by atoms with E-state index in [9.17, 15) is 9.59 Å². The van der Waals surface area contributed by atoms with E-state index in [1.165, 1.54) is 14.2 Å². The molecule has 0 aliphatic rings. The average Bonchev–Trinajstić information content (AvgIpc) is 2.26. The molecular weight excluding hydrogens is 426 g/mol. The van der Waals surface area contributed by atoms with Gasteiger partial charge in [-0.25, -0.2) is 0 Å². The van der Waals surface area contributed by atoms with Crippen molar-refractivity contribution in [3.63, 3.8) is 0 Å². The molecule has 88 valence electrons. The van der Waals surface area contributed by atoms with E-state index in [4.69, 9.17) is 0 Å². The maximum absolute atomic E-state index is 11.1. The number of halogens is 2. The summed E-state index contributed by atoms with van der Waals surface area (Å²) < 4.78 is 8.94. The highest BCUT2D eigenvalue weighted by Gasteiger charge is 2.18. The second-order valence-corrected chi connectivity index (χ2v) is 5.92. The number of methoxy groups -OCH3 is 2. The zero-order chi connectivity index (χ0) is 11.8. The standard InChI is InChI=1S/C9H14I2O4/c1-14-8(12)6(10)4-3-5-7(11)9(13)15-2/h6-7H,3-5H2,1-2H3. The molecule has 0 fully saturated rings. The van der Waals surface area contributed by atoms with Crippen LogP contribution in [0.2, 0.25) is 0 Å². The minimum absolute atomic E-state index is 0.131. The normalized spacial score (nSPS) is 14.1. The largest absolute Gasteiger partial charge is 0.468 e. The van der Waals surface area contributed by atoms with Crippen molar-refractivity contribution in [1.82, 2.24) is 0 Å². The highest BCUT2D eigenvalue weighted by Crippen LogP contribution is 2.17. The Morgan fingerprint density at radius 1 is 1.00 bits per heavy atom. The summed E-state index contributed by atoms with van der Waals surface area (Å²) in [5.41, 5.74) is 0. The predicted octanol–water partition coefficient (Wildman–Crippen LogP) is 2.11. The highest BCUT2D eigenvalue weighted by molar-refractivity contribution is 14.1. The molecule has 0 aliphatic carbocycles. The lowest BCUT2D eigenvalue weighted by Crippen LogP contribution is -2.18. The number of hydrogen-bond acceptors (Lipinski definition) is 4. The Bertz CT molecular complexity index is 198. The molecule has 0 saturated heterocycles. The molecule has 0 heterocycles. The van der Waals surface area contributed by atoms with Gasteiger partial charge in [-0.05, 0) is 12.8 Å². The summed E-state index contributed by atoms with van der Waals surface area (Å²) in [4.78, 5) is 22.1. The predicted molar refractivity (Wildman–Crippen MR) is 73.5 cm³/mol. The van der Waals surface area contributed by atoms with Gasteiger partial charge in [0.15, 0.2) is 0 Å². The number of carbonyl (C=O) groups excluding carboxylic acids is 2. The molecule has 0 aromatic heterocycles. The van der Waals surface area contributed by atoms with Gasteiger partial charge in [0.25, 0.3) is 0 Å². The second kappa shape index (κ2) is 8.54. The lowest BCUT2D eigenvalue weighted by Gasteiger charge is -2.09. The van der Waals surface area contributed by atoms with Gasteiger partial charge >= 0.3 is 11.9 Å². The molecule has 0 amide bonds. The van der Waals surface area contributed by atoms with Crippen molar-refractivity contribution in [2.75, 3.05) is 14.2 Å². The molecule has 0 aromatic carbocycles. The molecule has 0 aliphatic heterocycles. The van der Waals surface area contributed by atoms with Gasteiger partial charge in [0.05, 0.1) is 14.2 Å². The second-order valence-electron chi connectivity index (χ2n) is 2.91. The number of hydrogen-bond donors (Lipinski definition) is 0. The molecule has 0 spiro atoms. The van der Waals surface area contributed by atoms with Crippen molar-refractivity contribution < 1.29 is 19.1 Å². The first kappa shape index (κ1) is 15.4. The van der Waals surface area contributed by atoms with E-state index in [-0.39, 0.29) is 19.8 Å². The Morgan fingerprint density at radius 3 is 1.60 bits per heavy atom. The fraction of sp³-hybridized carbons (Fsp3) is 0.778. The van der Waals surface area contributed by atoms with E-state index in [0.717, 1.165) is 19.3 Å². The Kier molecular flexibility index (Phi) is 8.77. The van der Waals surface area contributed by atoms with Crippen LogP contribution in [0.4, 0.5) is 0 Å². The molecule has 15 heavy (non-hydrogen) atoms. The Morgan fingerprint density at radius 2 is 1.33 bits per heavy atom. The zero-order valence-electron chi connectivity index (χ0n) is 8.66. The van der Waals surface area contributed by atoms with Crippen LogP contribution in [-0.2, 0) is 19.1 Å². The lowest BCUT2D eigenvalue weighted by molar-refractivity contribution is -0.140. The number of rotatable bonds is 6. The SMILES string of the molecule is COC(=O)C(I)CCCC(I)C(=O)OC. The summed E-state index contributed by atoms with van der Waals surface area (Å²) in [5.74, 6) is -0.419. The van der Waals surface area contributed by atoms with E-state index >= 15 is 0 Å². The molecule has 0 saturated carbocycles. The molecule has 0 aromatic rings. The van der Waals surface area contributed by atoms with E-state index in [1.54, 1.807) is 0 Å². The summed E-state index contributed by atoms with van der Waals surface area (Å²) in [6.07, 6.45) is 2.26. The molecule has 6 heteroatoms. The molecule has 0 bridgehead atoms. The van der Waals surface area contributed by atoms with Gasteiger partial charge in [-0.1, -0.05) is 51.6 Å². The molecule has 2 atom stereocenters. The van der Waals surface area contributed by atoms with Crippen LogP contribution in [0.1, 0.15) is 19.3 Å². The maximum Gasteiger partial charge on any atom is 0.318 e. The zero-order valence-corrected chi connectivity index (χ0v) is 13.0. The summed E-state index contributed by atoms with van der Waals surface area (Å²) >= 11 is 4.10. The molecule has 0 rings (SSSR count). The van der Waals surface area contributed by atoms with Crippen molar-refractivity contribution in [3.05, 3.63) is 0 Å². The number of carbonyl (C=O) groups is 2. The summed E-state index contributed by atoms with van der Waals surface area (Å²) in [5, 5.41) is 0. The maximum atomic E-state index is 11.1. The summed E-state index contributed by atoms with van der Waals surface area (Å²) in [7, 11) is 2.76. The highest BCUT2D eigenvalue weighted by atomic mass is 127. The van der Waals surface area contributed by atoms with Gasteiger partial charge in [0.1, 0.15) is 7.85 Å². The van der Waals surface area contributed by atoms with E-state index in [0.29, 0.717) is 0 Å². The number of ether oxygens (including phenoxy) is 2. The number of alkyl halides is 2. The Labute approximate surface area is 117 Å². The first-order valence-electron chi connectivity index (χ1n) is 4.46. The fourth-order valence-corrected chi connectivity index (χ4v) is 2.36. The van der Waals surface area contributed by atoms with E-state index in [1.807, 2.05) is 45.2 Å². The van der Waals surface area contributed by atoms with Gasteiger partial charge in [0.2, 0.25) is 0 Å². The van der Waals surface area contributed by atoms with Gasteiger partial charge < -0.3 is 9.47 Å². The van der Waals surface area contributed by atoms with Gasteiger partial charge in [0, 0.05) is 0 Å².